The first-order chi connectivity index (χ1) is 14.5. The number of amides is 2. The van der Waals surface area contributed by atoms with Gasteiger partial charge in [-0.15, -0.1) is 0 Å². The highest BCUT2D eigenvalue weighted by atomic mass is 16.5. The molecule has 1 aromatic carbocycles. The Hall–Kier alpha value is -2.30. The van der Waals surface area contributed by atoms with Gasteiger partial charge < -0.3 is 25.6 Å². The molecule has 2 aliphatic rings. The summed E-state index contributed by atoms with van der Waals surface area (Å²) in [7, 11) is 1.95. The van der Waals surface area contributed by atoms with Crippen LogP contribution in [0.4, 0.5) is 4.79 Å². The van der Waals surface area contributed by atoms with Crippen molar-refractivity contribution < 1.29 is 9.53 Å². The minimum Gasteiger partial charge on any atom is -0.492 e. The van der Waals surface area contributed by atoms with Crippen LogP contribution in [0.1, 0.15) is 38.2 Å². The molecule has 7 nitrogen and oxygen atoms in total. The Labute approximate surface area is 180 Å². The Bertz CT molecular complexity index is 718. The van der Waals surface area contributed by atoms with Crippen molar-refractivity contribution in [3.05, 3.63) is 29.8 Å². The summed E-state index contributed by atoms with van der Waals surface area (Å²) >= 11 is 0. The molecule has 30 heavy (non-hydrogen) atoms. The molecule has 1 aromatic rings. The monoisotopic (exact) mass is 413 g/mol. The van der Waals surface area contributed by atoms with E-state index in [-0.39, 0.29) is 12.1 Å². The minimum atomic E-state index is -0.0772. The van der Waals surface area contributed by atoms with Crippen LogP contribution >= 0.6 is 0 Å². The van der Waals surface area contributed by atoms with E-state index >= 15 is 0 Å². The summed E-state index contributed by atoms with van der Waals surface area (Å²) in [6.07, 6.45) is 4.46. The molecular formula is C23H35N5O2. The number of ether oxygens (including phenoxy) is 1. The van der Waals surface area contributed by atoms with Crippen LogP contribution in [0.15, 0.2) is 24.3 Å². The van der Waals surface area contributed by atoms with E-state index < -0.39 is 0 Å². The summed E-state index contributed by atoms with van der Waals surface area (Å²) in [5, 5.41) is 11.9. The van der Waals surface area contributed by atoms with Gasteiger partial charge in [-0.25, -0.2) is 4.79 Å². The van der Waals surface area contributed by atoms with E-state index in [9.17, 15) is 4.79 Å². The maximum absolute atomic E-state index is 12.5. The lowest BCUT2D eigenvalue weighted by Gasteiger charge is -2.42. The predicted molar refractivity (Wildman–Crippen MR) is 117 cm³/mol. The van der Waals surface area contributed by atoms with Gasteiger partial charge in [-0.1, -0.05) is 13.3 Å². The van der Waals surface area contributed by atoms with Crippen molar-refractivity contribution in [3.63, 3.8) is 0 Å². The zero-order valence-electron chi connectivity index (χ0n) is 18.2. The number of fused-ring (bicyclic) bond motifs is 2. The molecule has 2 bridgehead atoms. The van der Waals surface area contributed by atoms with E-state index in [0.717, 1.165) is 44.8 Å². The molecule has 3 atom stereocenters. The molecule has 2 amide bonds. The van der Waals surface area contributed by atoms with Crippen LogP contribution in [-0.4, -0.2) is 67.7 Å². The third-order valence-corrected chi connectivity index (χ3v) is 6.37. The second-order valence-corrected chi connectivity index (χ2v) is 8.71. The highest BCUT2D eigenvalue weighted by molar-refractivity contribution is 5.74. The van der Waals surface area contributed by atoms with E-state index in [4.69, 9.17) is 15.7 Å². The number of nitrogens with zero attached hydrogens (tertiary/aromatic N) is 3. The number of carbonyl (C=O) groups is 1. The lowest BCUT2D eigenvalue weighted by molar-refractivity contribution is 0.0700. The van der Waals surface area contributed by atoms with Gasteiger partial charge in [0, 0.05) is 39.3 Å². The maximum atomic E-state index is 12.5. The Kier molecular flexibility index (Phi) is 7.94. The number of nitrogens with two attached hydrogens (primary N) is 1. The summed E-state index contributed by atoms with van der Waals surface area (Å²) in [6, 6.07) is 9.52. The number of piperidine rings is 1. The van der Waals surface area contributed by atoms with Crippen LogP contribution in [0.5, 0.6) is 5.75 Å². The molecule has 3 N–H and O–H groups in total. The predicted octanol–water partition coefficient (Wildman–Crippen LogP) is 2.42. The van der Waals surface area contributed by atoms with Gasteiger partial charge in [0.15, 0.2) is 0 Å². The molecule has 1 saturated carbocycles. The number of likely N-dealkylation sites (tertiary alicyclic amines) is 1. The maximum Gasteiger partial charge on any atom is 0.317 e. The van der Waals surface area contributed by atoms with Gasteiger partial charge in [0.2, 0.25) is 0 Å². The average Bonchev–Trinajstić information content (AvgIpc) is 3.02. The smallest absolute Gasteiger partial charge is 0.317 e. The molecule has 2 fully saturated rings. The number of urea groups is 1. The van der Waals surface area contributed by atoms with Crippen LogP contribution in [0.3, 0.4) is 0 Å². The topological polar surface area (TPSA) is 94.6 Å². The summed E-state index contributed by atoms with van der Waals surface area (Å²) in [5.74, 6) is 1.76. The molecule has 0 spiro atoms. The lowest BCUT2D eigenvalue weighted by atomic mass is 9.91. The summed E-state index contributed by atoms with van der Waals surface area (Å²) in [6.45, 7) is 6.09. The van der Waals surface area contributed by atoms with E-state index in [2.05, 4.69) is 23.2 Å². The van der Waals surface area contributed by atoms with Crippen LogP contribution in [0.25, 0.3) is 0 Å². The van der Waals surface area contributed by atoms with Crippen molar-refractivity contribution in [2.75, 3.05) is 39.8 Å². The summed E-state index contributed by atoms with van der Waals surface area (Å²) in [5.41, 5.74) is 6.96. The Balaban J connectivity index is 1.45. The Morgan fingerprint density at radius 2 is 2.00 bits per heavy atom. The van der Waals surface area contributed by atoms with Gasteiger partial charge in [0.05, 0.1) is 17.7 Å². The summed E-state index contributed by atoms with van der Waals surface area (Å²) < 4.78 is 5.79. The molecule has 0 radical (unpaired) electrons. The number of hydrogen-bond acceptors (Lipinski definition) is 5. The molecule has 2 unspecified atom stereocenters. The number of unbranched alkanes of at least 4 members (excludes halogenated alkanes) is 1. The van der Waals surface area contributed by atoms with Crippen molar-refractivity contribution in [1.29, 1.82) is 5.26 Å². The van der Waals surface area contributed by atoms with Crippen LogP contribution in [0, 0.1) is 23.2 Å². The first-order valence-corrected chi connectivity index (χ1v) is 11.1. The fraction of sp³-hybridized carbons (Fsp3) is 0.652. The highest BCUT2D eigenvalue weighted by Crippen LogP contribution is 2.39. The van der Waals surface area contributed by atoms with E-state index in [1.807, 2.05) is 11.9 Å². The first-order valence-electron chi connectivity index (χ1n) is 11.1. The second-order valence-electron chi connectivity index (χ2n) is 8.71. The van der Waals surface area contributed by atoms with E-state index in [1.165, 1.54) is 12.8 Å². The standard InChI is InChI=1S/C23H35N5O2/c1-3-4-11-26-23(29)27(2)22-18-7-8-19(22)14-28(13-18)15-20(25)16-30-21-9-5-17(12-24)6-10-21/h5-6,9-10,18-20,22H,3-4,7-8,11,13-16,25H2,1-2H3,(H,26,29)/t18?,19?,20-,22?/m0/s1. The quantitative estimate of drug-likeness (QED) is 0.606. The molecule has 0 aromatic heterocycles. The van der Waals surface area contributed by atoms with Crippen LogP contribution < -0.4 is 15.8 Å². The van der Waals surface area contributed by atoms with Crippen molar-refractivity contribution in [2.24, 2.45) is 17.6 Å². The van der Waals surface area contributed by atoms with Crippen molar-refractivity contribution >= 4 is 6.03 Å². The molecule has 164 valence electrons. The molecule has 1 saturated heterocycles. The lowest BCUT2D eigenvalue weighted by Crippen LogP contribution is -2.56. The Morgan fingerprint density at radius 3 is 2.60 bits per heavy atom. The molecule has 1 heterocycles. The summed E-state index contributed by atoms with van der Waals surface area (Å²) in [4.78, 5) is 16.9. The van der Waals surface area contributed by atoms with E-state index in [1.54, 1.807) is 24.3 Å². The zero-order valence-corrected chi connectivity index (χ0v) is 18.2. The SMILES string of the molecule is CCCCNC(=O)N(C)C1C2CCC1CN(C[C@H](N)COc1ccc(C#N)cc1)C2. The number of rotatable bonds is 9. The zero-order chi connectivity index (χ0) is 21.5. The van der Waals surface area contributed by atoms with Gasteiger partial charge in [-0.05, 0) is 55.4 Å². The number of carbonyl (C=O) groups excluding carboxylic acids is 1. The van der Waals surface area contributed by atoms with Gasteiger partial charge in [0.1, 0.15) is 12.4 Å². The third-order valence-electron chi connectivity index (χ3n) is 6.37. The molecule has 3 rings (SSSR count). The third kappa shape index (κ3) is 5.65. The minimum absolute atomic E-state index is 0.0614. The van der Waals surface area contributed by atoms with Gasteiger partial charge in [-0.2, -0.15) is 5.26 Å². The normalized spacial score (nSPS) is 24.1. The fourth-order valence-electron chi connectivity index (χ4n) is 4.92. The van der Waals surface area contributed by atoms with Crippen molar-refractivity contribution in [3.8, 4) is 11.8 Å². The van der Waals surface area contributed by atoms with Crippen molar-refractivity contribution in [1.82, 2.24) is 15.1 Å². The molecule has 7 heteroatoms. The van der Waals surface area contributed by atoms with E-state index in [0.29, 0.717) is 30.0 Å². The first kappa shape index (κ1) is 22.4. The number of hydrogen-bond donors (Lipinski definition) is 2. The number of nitriles is 1. The average molecular weight is 414 g/mol. The molecule has 1 aliphatic heterocycles. The molecular weight excluding hydrogens is 378 g/mol. The van der Waals surface area contributed by atoms with Gasteiger partial charge in [-0.3, -0.25) is 0 Å². The van der Waals surface area contributed by atoms with Crippen LogP contribution in [-0.2, 0) is 0 Å². The van der Waals surface area contributed by atoms with Crippen molar-refractivity contribution in [2.45, 2.75) is 44.7 Å². The van der Waals surface area contributed by atoms with Crippen LogP contribution in [0.2, 0.25) is 0 Å². The Morgan fingerprint density at radius 1 is 1.33 bits per heavy atom. The van der Waals surface area contributed by atoms with Gasteiger partial charge in [0.25, 0.3) is 0 Å². The largest absolute Gasteiger partial charge is 0.492 e. The highest BCUT2D eigenvalue weighted by Gasteiger charge is 2.45. The number of benzene rings is 1. The number of nitrogens with one attached hydrogen (secondary N) is 1. The van der Waals surface area contributed by atoms with Gasteiger partial charge >= 0.3 is 6.03 Å². The fourth-order valence-corrected chi connectivity index (χ4v) is 4.92. The molecule has 1 aliphatic carbocycles. The second kappa shape index (κ2) is 10.6.